The number of imidazole rings is 1. The predicted molar refractivity (Wildman–Crippen MR) is 170 cm³/mol. The first-order valence-corrected chi connectivity index (χ1v) is 15.0. The Morgan fingerprint density at radius 3 is 2.71 bits per heavy atom. The number of H-pyrrole nitrogens is 1. The fourth-order valence-electron chi connectivity index (χ4n) is 5.51. The second kappa shape index (κ2) is 10.5. The summed E-state index contributed by atoms with van der Waals surface area (Å²) in [5.74, 6) is 0.131. The van der Waals surface area contributed by atoms with E-state index >= 15 is 4.39 Å². The van der Waals surface area contributed by atoms with Crippen LogP contribution >= 0.6 is 11.3 Å². The number of nitrogens with one attached hydrogen (secondary N) is 4. The molecule has 0 aliphatic carbocycles. The first kappa shape index (κ1) is 26.8. The summed E-state index contributed by atoms with van der Waals surface area (Å²) >= 11 is 1.36. The Morgan fingerprint density at radius 2 is 1.89 bits per heavy atom. The van der Waals surface area contributed by atoms with E-state index in [1.54, 1.807) is 18.3 Å². The van der Waals surface area contributed by atoms with E-state index in [4.69, 9.17) is 4.98 Å². The molecule has 1 amide bonds. The number of aromatic nitrogens is 5. The molecule has 0 radical (unpaired) electrons. The van der Waals surface area contributed by atoms with Gasteiger partial charge in [-0.05, 0) is 36.8 Å². The zero-order valence-electron chi connectivity index (χ0n) is 23.7. The van der Waals surface area contributed by atoms with E-state index in [0.717, 1.165) is 21.7 Å². The van der Waals surface area contributed by atoms with Gasteiger partial charge in [0.2, 0.25) is 5.91 Å². The number of carbonyl (C=O) groups is 2. The quantitative estimate of drug-likeness (QED) is 0.131. The van der Waals surface area contributed by atoms with Crippen LogP contribution in [0.5, 0.6) is 0 Å². The molecule has 7 heterocycles. The van der Waals surface area contributed by atoms with Gasteiger partial charge in [0.15, 0.2) is 5.78 Å². The highest BCUT2D eigenvalue weighted by Gasteiger charge is 2.42. The van der Waals surface area contributed by atoms with Crippen molar-refractivity contribution in [2.24, 2.45) is 0 Å². The van der Waals surface area contributed by atoms with Crippen LogP contribution in [0.2, 0.25) is 0 Å². The maximum atomic E-state index is 16.6. The molecule has 0 spiro atoms. The number of benzene rings is 1. The Morgan fingerprint density at radius 1 is 1.02 bits per heavy atom. The minimum atomic E-state index is -0.500. The molecule has 2 aliphatic rings. The van der Waals surface area contributed by atoms with E-state index in [-0.39, 0.29) is 35.4 Å². The number of nitrogens with zero attached hydrogens (tertiary/aromatic N) is 4. The number of pyridine rings is 3. The molecule has 1 saturated heterocycles. The normalized spacial score (nSPS) is 14.8. The van der Waals surface area contributed by atoms with Gasteiger partial charge in [0.1, 0.15) is 34.8 Å². The number of hydrogen-bond donors (Lipinski definition) is 4. The van der Waals surface area contributed by atoms with Crippen LogP contribution < -0.4 is 16.0 Å². The Bertz CT molecular complexity index is 2210. The predicted octanol–water partition coefficient (Wildman–Crippen LogP) is 5.78. The lowest BCUT2D eigenvalue weighted by atomic mass is 9.97. The van der Waals surface area contributed by atoms with Crippen LogP contribution in [-0.2, 0) is 11.2 Å². The summed E-state index contributed by atoms with van der Waals surface area (Å²) in [4.78, 5) is 47.6. The summed E-state index contributed by atoms with van der Waals surface area (Å²) in [5, 5.41) is 9.34. The molecule has 12 heteroatoms. The minimum Gasteiger partial charge on any atom is -0.360 e. The SMILES string of the molecule is CC(=O)c1ccc(-c2nccc3[nH]c(C4=C5NC5Nc5ncc(-c6cncc(NC(=O)Cc7ccccc7)c6)c(F)c54)nc23)s1. The smallest absolute Gasteiger partial charge is 0.228 e. The van der Waals surface area contributed by atoms with Crippen LogP contribution in [0.1, 0.15) is 33.5 Å². The number of fused-ring (bicyclic) bond motifs is 3. The third-order valence-corrected chi connectivity index (χ3v) is 8.88. The van der Waals surface area contributed by atoms with Crippen LogP contribution in [-0.4, -0.2) is 42.8 Å². The number of hydrogen-bond acceptors (Lipinski definition) is 9. The van der Waals surface area contributed by atoms with Crippen molar-refractivity contribution in [3.8, 4) is 21.7 Å². The lowest BCUT2D eigenvalue weighted by Gasteiger charge is -2.18. The molecule has 1 unspecified atom stereocenters. The number of Topliss-reactive ketones (excluding diaryl/α,β-unsaturated/α-hetero) is 1. The van der Waals surface area contributed by atoms with Crippen LogP contribution in [0.3, 0.4) is 0 Å². The summed E-state index contributed by atoms with van der Waals surface area (Å²) < 4.78 is 16.6. The molecular formula is C33H23FN8O2S. The highest BCUT2D eigenvalue weighted by Crippen LogP contribution is 2.44. The average Bonchev–Trinajstić information content (AvgIpc) is 3.41. The number of aromatic amines is 1. The molecule has 0 bridgehead atoms. The summed E-state index contributed by atoms with van der Waals surface area (Å²) in [7, 11) is 0. The van der Waals surface area contributed by atoms with Crippen LogP contribution in [0, 0.1) is 5.82 Å². The molecule has 1 atom stereocenters. The molecule has 2 aliphatic heterocycles. The molecule has 10 nitrogen and oxygen atoms in total. The standard InChI is InChI=1S/C33H23FN8O2S/c1-16(43)22-7-8-23(45-22)29-28-21(9-10-36-29)39-32(40-28)26-25-27(34)20(15-37-31(25)42-33-30(26)41-33)18-12-19(14-35-13-18)38-24(44)11-17-5-3-2-4-6-17/h2-10,12-15,33,41H,11H2,1H3,(H,37,42)(H,38,44)(H,39,40). The molecule has 0 saturated carbocycles. The molecule has 5 aromatic heterocycles. The number of halogens is 1. The molecular weight excluding hydrogens is 591 g/mol. The molecule has 4 N–H and O–H groups in total. The Kier molecular flexibility index (Phi) is 6.24. The van der Waals surface area contributed by atoms with Crippen molar-refractivity contribution in [3.05, 3.63) is 113 Å². The van der Waals surface area contributed by atoms with Gasteiger partial charge in [-0.25, -0.2) is 14.4 Å². The van der Waals surface area contributed by atoms with Gasteiger partial charge in [0.05, 0.1) is 50.4 Å². The second-order valence-corrected chi connectivity index (χ2v) is 11.8. The molecule has 45 heavy (non-hydrogen) atoms. The van der Waals surface area contributed by atoms with Gasteiger partial charge in [-0.1, -0.05) is 30.3 Å². The fourth-order valence-corrected chi connectivity index (χ4v) is 6.41. The van der Waals surface area contributed by atoms with Crippen molar-refractivity contribution in [1.82, 2.24) is 30.2 Å². The van der Waals surface area contributed by atoms with Gasteiger partial charge in [-0.3, -0.25) is 19.6 Å². The van der Waals surface area contributed by atoms with E-state index in [2.05, 4.69) is 35.9 Å². The summed E-state index contributed by atoms with van der Waals surface area (Å²) in [5.41, 5.74) is 5.64. The zero-order valence-corrected chi connectivity index (χ0v) is 24.5. The largest absolute Gasteiger partial charge is 0.360 e. The highest BCUT2D eigenvalue weighted by atomic mass is 32.1. The van der Waals surface area contributed by atoms with Gasteiger partial charge in [0, 0.05) is 29.7 Å². The van der Waals surface area contributed by atoms with Crippen molar-refractivity contribution < 1.29 is 14.0 Å². The Hall–Kier alpha value is -5.75. The van der Waals surface area contributed by atoms with Gasteiger partial charge >= 0.3 is 0 Å². The molecule has 1 fully saturated rings. The monoisotopic (exact) mass is 614 g/mol. The van der Waals surface area contributed by atoms with Crippen molar-refractivity contribution in [2.45, 2.75) is 19.5 Å². The van der Waals surface area contributed by atoms with Crippen molar-refractivity contribution in [2.75, 3.05) is 10.6 Å². The maximum absolute atomic E-state index is 16.6. The molecule has 6 aromatic rings. The Balaban J connectivity index is 1.16. The number of amides is 1. The molecule has 8 rings (SSSR count). The highest BCUT2D eigenvalue weighted by molar-refractivity contribution is 7.17. The molecule has 1 aromatic carbocycles. The Labute approximate surface area is 259 Å². The lowest BCUT2D eigenvalue weighted by Crippen LogP contribution is -2.16. The first-order valence-electron chi connectivity index (χ1n) is 14.1. The van der Waals surface area contributed by atoms with E-state index in [1.807, 2.05) is 42.5 Å². The maximum Gasteiger partial charge on any atom is 0.228 e. The first-order chi connectivity index (χ1) is 21.9. The second-order valence-electron chi connectivity index (χ2n) is 10.8. The van der Waals surface area contributed by atoms with Crippen molar-refractivity contribution in [3.63, 3.8) is 0 Å². The van der Waals surface area contributed by atoms with E-state index in [0.29, 0.717) is 44.6 Å². The minimum absolute atomic E-state index is 0.0145. The van der Waals surface area contributed by atoms with Crippen LogP contribution in [0.15, 0.2) is 85.1 Å². The van der Waals surface area contributed by atoms with E-state index in [1.165, 1.54) is 36.9 Å². The summed E-state index contributed by atoms with van der Waals surface area (Å²) in [6.45, 7) is 1.53. The fraction of sp³-hybridized carbons (Fsp3) is 0.0909. The molecule has 220 valence electrons. The third-order valence-electron chi connectivity index (χ3n) is 7.69. The van der Waals surface area contributed by atoms with Gasteiger partial charge in [0.25, 0.3) is 0 Å². The number of thiophene rings is 1. The zero-order chi connectivity index (χ0) is 30.7. The lowest BCUT2D eigenvalue weighted by molar-refractivity contribution is -0.115. The van der Waals surface area contributed by atoms with Gasteiger partial charge in [-0.15, -0.1) is 11.3 Å². The third kappa shape index (κ3) is 4.81. The van der Waals surface area contributed by atoms with Gasteiger partial charge < -0.3 is 20.9 Å². The topological polar surface area (TPSA) is 147 Å². The van der Waals surface area contributed by atoms with E-state index < -0.39 is 5.82 Å². The van der Waals surface area contributed by atoms with E-state index in [9.17, 15) is 9.59 Å². The summed E-state index contributed by atoms with van der Waals surface area (Å²) in [6, 6.07) is 16.6. The number of rotatable bonds is 7. The summed E-state index contributed by atoms with van der Waals surface area (Å²) in [6.07, 6.45) is 6.22. The van der Waals surface area contributed by atoms with Gasteiger partial charge in [-0.2, -0.15) is 0 Å². The average molecular weight is 615 g/mol. The number of carbonyl (C=O) groups excluding carboxylic acids is 2. The number of anilines is 2. The number of ketones is 1. The van der Waals surface area contributed by atoms with Crippen molar-refractivity contribution >= 4 is 51.1 Å². The van der Waals surface area contributed by atoms with Crippen LogP contribution in [0.4, 0.5) is 15.9 Å². The van der Waals surface area contributed by atoms with Crippen molar-refractivity contribution in [1.29, 1.82) is 0 Å². The van der Waals surface area contributed by atoms with Crippen LogP contribution in [0.25, 0.3) is 38.3 Å².